The number of rotatable bonds is 1. The Labute approximate surface area is 99.3 Å². The van der Waals surface area contributed by atoms with Crippen molar-refractivity contribution in [3.8, 4) is 17.0 Å². The van der Waals surface area contributed by atoms with Crippen LogP contribution in [0.15, 0.2) is 41.2 Å². The van der Waals surface area contributed by atoms with Crippen molar-refractivity contribution in [3.05, 3.63) is 52.3 Å². The number of aryl methyl sites for hydroxylation is 1. The first kappa shape index (κ1) is 10.1. The molecule has 0 saturated carbocycles. The monoisotopic (exact) mass is 227 g/mol. The van der Waals surface area contributed by atoms with E-state index in [1.54, 1.807) is 10.6 Å². The SMILES string of the molecule is COc1ccc2n(c1=O)CCc1ccccc1-2. The summed E-state index contributed by atoms with van der Waals surface area (Å²) in [5.74, 6) is 0.410. The van der Waals surface area contributed by atoms with Crippen LogP contribution in [0.4, 0.5) is 0 Å². The molecule has 0 aliphatic carbocycles. The summed E-state index contributed by atoms with van der Waals surface area (Å²) >= 11 is 0. The van der Waals surface area contributed by atoms with Gasteiger partial charge in [-0.1, -0.05) is 24.3 Å². The molecule has 3 heteroatoms. The Bertz CT molecular complexity index is 628. The Hall–Kier alpha value is -2.03. The lowest BCUT2D eigenvalue weighted by molar-refractivity contribution is 0.402. The summed E-state index contributed by atoms with van der Waals surface area (Å²) in [6.07, 6.45) is 0.899. The van der Waals surface area contributed by atoms with Crippen molar-refractivity contribution in [2.24, 2.45) is 0 Å². The number of nitrogens with zero attached hydrogens (tertiary/aromatic N) is 1. The van der Waals surface area contributed by atoms with Crippen LogP contribution in [0.5, 0.6) is 5.75 Å². The van der Waals surface area contributed by atoms with Crippen LogP contribution in [-0.4, -0.2) is 11.7 Å². The molecule has 1 aliphatic rings. The average molecular weight is 227 g/mol. The van der Waals surface area contributed by atoms with E-state index in [2.05, 4.69) is 12.1 Å². The zero-order valence-electron chi connectivity index (χ0n) is 9.64. The molecule has 1 aliphatic heterocycles. The van der Waals surface area contributed by atoms with Crippen LogP contribution in [0.2, 0.25) is 0 Å². The molecule has 86 valence electrons. The average Bonchev–Trinajstić information content (AvgIpc) is 2.39. The molecule has 2 aromatic rings. The fraction of sp³-hybridized carbons (Fsp3) is 0.214. The molecule has 3 nitrogen and oxygen atoms in total. The molecule has 3 rings (SSSR count). The highest BCUT2D eigenvalue weighted by Crippen LogP contribution is 2.28. The van der Waals surface area contributed by atoms with E-state index in [4.69, 9.17) is 4.74 Å². The van der Waals surface area contributed by atoms with Gasteiger partial charge in [-0.25, -0.2) is 0 Å². The smallest absolute Gasteiger partial charge is 0.293 e. The maximum absolute atomic E-state index is 12.1. The molecule has 0 fully saturated rings. The Balaban J connectivity index is 2.28. The van der Waals surface area contributed by atoms with Crippen molar-refractivity contribution >= 4 is 0 Å². The van der Waals surface area contributed by atoms with Gasteiger partial charge in [-0.2, -0.15) is 0 Å². The minimum atomic E-state index is -0.0421. The van der Waals surface area contributed by atoms with Crippen molar-refractivity contribution in [2.45, 2.75) is 13.0 Å². The lowest BCUT2D eigenvalue weighted by atomic mass is 9.97. The fourth-order valence-electron chi connectivity index (χ4n) is 2.39. The van der Waals surface area contributed by atoms with Gasteiger partial charge in [0, 0.05) is 12.1 Å². The van der Waals surface area contributed by atoms with E-state index in [1.807, 2.05) is 18.2 Å². The third kappa shape index (κ3) is 1.46. The number of fused-ring (bicyclic) bond motifs is 3. The zero-order valence-corrected chi connectivity index (χ0v) is 9.64. The Morgan fingerprint density at radius 3 is 2.82 bits per heavy atom. The molecule has 17 heavy (non-hydrogen) atoms. The molecular weight excluding hydrogens is 214 g/mol. The summed E-state index contributed by atoms with van der Waals surface area (Å²) in [4.78, 5) is 12.1. The van der Waals surface area contributed by atoms with Crippen LogP contribution in [0, 0.1) is 0 Å². The normalized spacial score (nSPS) is 12.8. The van der Waals surface area contributed by atoms with Gasteiger partial charge >= 0.3 is 0 Å². The molecule has 0 atom stereocenters. The van der Waals surface area contributed by atoms with E-state index < -0.39 is 0 Å². The minimum absolute atomic E-state index is 0.0421. The van der Waals surface area contributed by atoms with E-state index in [0.717, 1.165) is 24.2 Å². The second kappa shape index (κ2) is 3.77. The number of methoxy groups -OCH3 is 1. The van der Waals surface area contributed by atoms with Crippen molar-refractivity contribution < 1.29 is 4.74 Å². The number of hydrogen-bond donors (Lipinski definition) is 0. The first-order chi connectivity index (χ1) is 8.31. The summed E-state index contributed by atoms with van der Waals surface area (Å²) < 4.78 is 6.86. The molecular formula is C14H13NO2. The molecule has 1 aromatic carbocycles. The van der Waals surface area contributed by atoms with Gasteiger partial charge in [-0.15, -0.1) is 0 Å². The quantitative estimate of drug-likeness (QED) is 0.747. The van der Waals surface area contributed by atoms with Gasteiger partial charge in [0.25, 0.3) is 5.56 Å². The standard InChI is InChI=1S/C14H13NO2/c1-17-13-7-6-12-11-5-3-2-4-10(11)8-9-15(12)14(13)16/h2-7H,8-9H2,1H3. The van der Waals surface area contributed by atoms with E-state index in [9.17, 15) is 4.79 Å². The summed E-state index contributed by atoms with van der Waals surface area (Å²) in [6.45, 7) is 0.725. The van der Waals surface area contributed by atoms with E-state index in [1.165, 1.54) is 12.7 Å². The number of aromatic nitrogens is 1. The summed E-state index contributed by atoms with van der Waals surface area (Å²) in [6, 6.07) is 11.9. The van der Waals surface area contributed by atoms with E-state index in [0.29, 0.717) is 5.75 Å². The van der Waals surface area contributed by atoms with Crippen molar-refractivity contribution in [3.63, 3.8) is 0 Å². The predicted molar refractivity (Wildman–Crippen MR) is 66.4 cm³/mol. The van der Waals surface area contributed by atoms with Gasteiger partial charge in [-0.05, 0) is 24.1 Å². The molecule has 0 spiro atoms. The number of ether oxygens (including phenoxy) is 1. The highest BCUT2D eigenvalue weighted by atomic mass is 16.5. The number of hydrogen-bond acceptors (Lipinski definition) is 2. The van der Waals surface area contributed by atoms with Crippen LogP contribution in [0.1, 0.15) is 5.56 Å². The Morgan fingerprint density at radius 2 is 2.00 bits per heavy atom. The maximum atomic E-state index is 12.1. The largest absolute Gasteiger partial charge is 0.491 e. The van der Waals surface area contributed by atoms with E-state index in [-0.39, 0.29) is 5.56 Å². The molecule has 1 aromatic heterocycles. The summed E-state index contributed by atoms with van der Waals surface area (Å²) in [7, 11) is 1.53. The van der Waals surface area contributed by atoms with Gasteiger partial charge in [0.1, 0.15) is 0 Å². The Kier molecular flexibility index (Phi) is 2.25. The van der Waals surface area contributed by atoms with Crippen molar-refractivity contribution in [2.75, 3.05) is 7.11 Å². The molecule has 0 N–H and O–H groups in total. The lowest BCUT2D eigenvalue weighted by Gasteiger charge is -2.21. The lowest BCUT2D eigenvalue weighted by Crippen LogP contribution is -2.26. The highest BCUT2D eigenvalue weighted by molar-refractivity contribution is 5.66. The summed E-state index contributed by atoms with van der Waals surface area (Å²) in [5.41, 5.74) is 3.40. The predicted octanol–water partition coefficient (Wildman–Crippen LogP) is 2.08. The first-order valence-corrected chi connectivity index (χ1v) is 5.67. The molecule has 0 amide bonds. The van der Waals surface area contributed by atoms with Gasteiger partial charge in [-0.3, -0.25) is 4.79 Å². The molecule has 2 heterocycles. The maximum Gasteiger partial charge on any atom is 0.293 e. The first-order valence-electron chi connectivity index (χ1n) is 5.67. The van der Waals surface area contributed by atoms with Crippen molar-refractivity contribution in [1.29, 1.82) is 0 Å². The van der Waals surface area contributed by atoms with Crippen molar-refractivity contribution in [1.82, 2.24) is 4.57 Å². The molecule has 0 saturated heterocycles. The van der Waals surface area contributed by atoms with E-state index >= 15 is 0 Å². The van der Waals surface area contributed by atoms with Gasteiger partial charge in [0.05, 0.1) is 12.8 Å². The Morgan fingerprint density at radius 1 is 1.18 bits per heavy atom. The molecule has 0 radical (unpaired) electrons. The number of benzene rings is 1. The van der Waals surface area contributed by atoms with Crippen LogP contribution in [-0.2, 0) is 13.0 Å². The summed E-state index contributed by atoms with van der Waals surface area (Å²) in [5, 5.41) is 0. The van der Waals surface area contributed by atoms with Crippen LogP contribution < -0.4 is 10.3 Å². The second-order valence-electron chi connectivity index (χ2n) is 4.15. The second-order valence-corrected chi connectivity index (χ2v) is 4.15. The van der Waals surface area contributed by atoms with Gasteiger partial charge < -0.3 is 9.30 Å². The van der Waals surface area contributed by atoms with Gasteiger partial charge in [0.2, 0.25) is 0 Å². The highest BCUT2D eigenvalue weighted by Gasteiger charge is 2.17. The fourth-order valence-corrected chi connectivity index (χ4v) is 2.39. The zero-order chi connectivity index (χ0) is 11.8. The third-order valence-corrected chi connectivity index (χ3v) is 3.26. The third-order valence-electron chi connectivity index (χ3n) is 3.26. The van der Waals surface area contributed by atoms with Gasteiger partial charge in [0.15, 0.2) is 5.75 Å². The van der Waals surface area contributed by atoms with Crippen LogP contribution in [0.25, 0.3) is 11.3 Å². The topological polar surface area (TPSA) is 31.2 Å². The van der Waals surface area contributed by atoms with Crippen LogP contribution in [0.3, 0.4) is 0 Å². The molecule has 0 bridgehead atoms. The molecule has 0 unspecified atom stereocenters. The number of pyridine rings is 1. The van der Waals surface area contributed by atoms with Crippen LogP contribution >= 0.6 is 0 Å². The minimum Gasteiger partial charge on any atom is -0.491 e.